The Morgan fingerprint density at radius 3 is 2.60 bits per heavy atom. The first kappa shape index (κ1) is 10.3. The van der Waals surface area contributed by atoms with Crippen molar-refractivity contribution in [2.24, 2.45) is 0 Å². The van der Waals surface area contributed by atoms with E-state index in [-0.39, 0.29) is 0 Å². The smallest absolute Gasteiger partial charge is 0.254 e. The van der Waals surface area contributed by atoms with Crippen molar-refractivity contribution in [3.8, 4) is 0 Å². The predicted octanol–water partition coefficient (Wildman–Crippen LogP) is 1.35. The van der Waals surface area contributed by atoms with Gasteiger partial charge in [0.05, 0.1) is 0 Å². The second-order valence-electron chi connectivity index (χ2n) is 3.49. The standard InChI is InChI=1S/C9H11N4OS/c1-4-5(2)10-9-11-7(6(3)14)12-13(9)8(4)15/h6,14H,1-3H3. The van der Waals surface area contributed by atoms with Gasteiger partial charge in [0, 0.05) is 11.3 Å². The van der Waals surface area contributed by atoms with E-state index in [4.69, 9.17) is 12.6 Å². The summed E-state index contributed by atoms with van der Waals surface area (Å²) in [5.41, 5.74) is 1.76. The largest absolute Gasteiger partial charge is 0.385 e. The summed E-state index contributed by atoms with van der Waals surface area (Å²) in [6.07, 6.45) is -0.707. The summed E-state index contributed by atoms with van der Waals surface area (Å²) in [6.45, 7) is 5.38. The maximum atomic E-state index is 9.35. The first-order chi connectivity index (χ1) is 7.00. The number of aryl methyl sites for hydroxylation is 1. The number of hydrogen-bond acceptors (Lipinski definition) is 4. The van der Waals surface area contributed by atoms with Crippen LogP contribution in [0.1, 0.15) is 30.1 Å². The van der Waals surface area contributed by atoms with E-state index in [9.17, 15) is 5.11 Å². The molecule has 15 heavy (non-hydrogen) atoms. The van der Waals surface area contributed by atoms with Crippen molar-refractivity contribution >= 4 is 18.4 Å². The Morgan fingerprint density at radius 1 is 1.33 bits per heavy atom. The average molecular weight is 223 g/mol. The van der Waals surface area contributed by atoms with Crippen molar-refractivity contribution in [3.63, 3.8) is 0 Å². The van der Waals surface area contributed by atoms with E-state index in [2.05, 4.69) is 15.1 Å². The zero-order chi connectivity index (χ0) is 11.2. The van der Waals surface area contributed by atoms with Gasteiger partial charge in [0.1, 0.15) is 11.1 Å². The fourth-order valence-electron chi connectivity index (χ4n) is 1.25. The lowest BCUT2D eigenvalue weighted by molar-refractivity contribution is 0.189. The fourth-order valence-corrected chi connectivity index (χ4v) is 1.52. The van der Waals surface area contributed by atoms with Crippen LogP contribution in [0.5, 0.6) is 0 Å². The maximum absolute atomic E-state index is 9.35. The molecule has 0 aliphatic carbocycles. The molecule has 0 saturated heterocycles. The number of nitrogens with zero attached hydrogens (tertiary/aromatic N) is 4. The van der Waals surface area contributed by atoms with E-state index in [1.165, 1.54) is 4.52 Å². The van der Waals surface area contributed by atoms with Crippen LogP contribution in [0, 0.1) is 13.8 Å². The van der Waals surface area contributed by atoms with Crippen LogP contribution in [-0.4, -0.2) is 24.7 Å². The zero-order valence-electron chi connectivity index (χ0n) is 8.72. The van der Waals surface area contributed by atoms with Crippen molar-refractivity contribution < 1.29 is 5.11 Å². The summed E-state index contributed by atoms with van der Waals surface area (Å²) in [7, 11) is 0. The predicted molar refractivity (Wildman–Crippen MR) is 56.7 cm³/mol. The first-order valence-corrected chi connectivity index (χ1v) is 5.00. The van der Waals surface area contributed by atoms with Gasteiger partial charge >= 0.3 is 0 Å². The van der Waals surface area contributed by atoms with E-state index in [0.717, 1.165) is 11.3 Å². The molecular weight excluding hydrogens is 212 g/mol. The molecule has 5 nitrogen and oxygen atoms in total. The molecule has 0 fully saturated rings. The van der Waals surface area contributed by atoms with Gasteiger partial charge in [-0.3, -0.25) is 0 Å². The Bertz CT molecular complexity index is 520. The fraction of sp³-hybridized carbons (Fsp3) is 0.444. The van der Waals surface area contributed by atoms with E-state index in [1.807, 2.05) is 13.8 Å². The van der Waals surface area contributed by atoms with Crippen molar-refractivity contribution in [2.45, 2.75) is 31.9 Å². The zero-order valence-corrected chi connectivity index (χ0v) is 9.54. The molecule has 0 aliphatic rings. The molecule has 1 unspecified atom stereocenters. The van der Waals surface area contributed by atoms with Gasteiger partial charge in [-0.25, -0.2) is 4.98 Å². The number of aliphatic hydroxyl groups excluding tert-OH is 1. The van der Waals surface area contributed by atoms with Gasteiger partial charge in [-0.15, -0.1) is 5.10 Å². The quantitative estimate of drug-likeness (QED) is 0.741. The Morgan fingerprint density at radius 2 is 2.00 bits per heavy atom. The molecule has 0 bridgehead atoms. The van der Waals surface area contributed by atoms with Gasteiger partial charge in [-0.05, 0) is 20.8 Å². The molecule has 1 atom stereocenters. The lowest BCUT2D eigenvalue weighted by Gasteiger charge is -2.02. The molecule has 79 valence electrons. The van der Waals surface area contributed by atoms with Crippen LogP contribution in [0.3, 0.4) is 0 Å². The van der Waals surface area contributed by atoms with Crippen LogP contribution in [0.15, 0.2) is 5.03 Å². The van der Waals surface area contributed by atoms with Crippen molar-refractivity contribution in [2.75, 3.05) is 0 Å². The SMILES string of the molecule is Cc1nc2nc(C(C)O)nn2c([S])c1C. The normalized spacial score (nSPS) is 13.3. The van der Waals surface area contributed by atoms with Crippen LogP contribution in [-0.2, 0) is 0 Å². The molecule has 2 heterocycles. The molecule has 0 amide bonds. The summed E-state index contributed by atoms with van der Waals surface area (Å²) in [4.78, 5) is 8.35. The molecule has 1 N–H and O–H groups in total. The number of rotatable bonds is 1. The average Bonchev–Trinajstić information content (AvgIpc) is 2.58. The Kier molecular flexibility index (Phi) is 2.32. The minimum absolute atomic E-state index is 0.346. The summed E-state index contributed by atoms with van der Waals surface area (Å²) in [6, 6.07) is 0. The third-order valence-corrected chi connectivity index (χ3v) is 2.78. The van der Waals surface area contributed by atoms with Gasteiger partial charge in [0.15, 0.2) is 5.82 Å². The topological polar surface area (TPSA) is 63.3 Å². The lowest BCUT2D eigenvalue weighted by Crippen LogP contribution is -2.00. The third-order valence-electron chi connectivity index (χ3n) is 2.30. The van der Waals surface area contributed by atoms with E-state index in [1.54, 1.807) is 6.92 Å². The highest BCUT2D eigenvalue weighted by molar-refractivity contribution is 7.80. The van der Waals surface area contributed by atoms with Crippen molar-refractivity contribution in [3.05, 3.63) is 17.1 Å². The van der Waals surface area contributed by atoms with Crippen LogP contribution >= 0.6 is 12.6 Å². The molecule has 0 spiro atoms. The molecule has 6 heteroatoms. The highest BCUT2D eigenvalue weighted by Crippen LogP contribution is 2.17. The number of aromatic nitrogens is 4. The van der Waals surface area contributed by atoms with Crippen LogP contribution in [0.2, 0.25) is 0 Å². The van der Waals surface area contributed by atoms with E-state index < -0.39 is 6.10 Å². The Labute approximate surface area is 92.6 Å². The summed E-state index contributed by atoms with van der Waals surface area (Å²) in [5.74, 6) is 0.789. The van der Waals surface area contributed by atoms with Gasteiger partial charge in [-0.2, -0.15) is 9.50 Å². The molecular formula is C9H11N4OS. The monoisotopic (exact) mass is 223 g/mol. The van der Waals surface area contributed by atoms with Gasteiger partial charge < -0.3 is 5.11 Å². The molecule has 2 aromatic heterocycles. The Balaban J connectivity index is 2.76. The summed E-state index contributed by atoms with van der Waals surface area (Å²) in [5, 5.41) is 14.1. The third kappa shape index (κ3) is 1.55. The number of fused-ring (bicyclic) bond motifs is 1. The minimum Gasteiger partial charge on any atom is -0.385 e. The first-order valence-electron chi connectivity index (χ1n) is 4.59. The van der Waals surface area contributed by atoms with Crippen LogP contribution < -0.4 is 0 Å². The van der Waals surface area contributed by atoms with Gasteiger partial charge in [0.2, 0.25) is 0 Å². The molecule has 0 aliphatic heterocycles. The van der Waals surface area contributed by atoms with E-state index >= 15 is 0 Å². The lowest BCUT2D eigenvalue weighted by atomic mass is 10.3. The van der Waals surface area contributed by atoms with Crippen molar-refractivity contribution in [1.29, 1.82) is 0 Å². The van der Waals surface area contributed by atoms with Crippen molar-refractivity contribution in [1.82, 2.24) is 19.6 Å². The molecule has 2 rings (SSSR count). The molecule has 1 radical (unpaired) electrons. The number of hydrogen-bond donors (Lipinski definition) is 1. The highest BCUT2D eigenvalue weighted by atomic mass is 32.1. The number of aliphatic hydroxyl groups is 1. The Hall–Kier alpha value is -1.27. The second-order valence-corrected chi connectivity index (χ2v) is 3.87. The molecule has 0 saturated carbocycles. The summed E-state index contributed by atoms with van der Waals surface area (Å²) < 4.78 is 1.49. The second kappa shape index (κ2) is 3.39. The highest BCUT2D eigenvalue weighted by Gasteiger charge is 2.14. The molecule has 0 aromatic carbocycles. The van der Waals surface area contributed by atoms with Crippen LogP contribution in [0.4, 0.5) is 0 Å². The maximum Gasteiger partial charge on any atom is 0.254 e. The van der Waals surface area contributed by atoms with Gasteiger partial charge in [0.25, 0.3) is 5.78 Å². The minimum atomic E-state index is -0.707. The molecule has 2 aromatic rings. The van der Waals surface area contributed by atoms with Gasteiger partial charge in [-0.1, -0.05) is 12.6 Å². The van der Waals surface area contributed by atoms with Crippen LogP contribution in [0.25, 0.3) is 5.78 Å². The summed E-state index contributed by atoms with van der Waals surface area (Å²) >= 11 is 5.22. The van der Waals surface area contributed by atoms with E-state index in [0.29, 0.717) is 16.6 Å².